The Bertz CT molecular complexity index is 249. The third kappa shape index (κ3) is 2.00. The van der Waals surface area contributed by atoms with Gasteiger partial charge in [0, 0.05) is 6.42 Å². The Labute approximate surface area is 65.2 Å². The first-order chi connectivity index (χ1) is 5.22. The van der Waals surface area contributed by atoms with Crippen molar-refractivity contribution < 1.29 is 0 Å². The molecule has 1 aromatic rings. The minimum absolute atomic E-state index is 0.273. The molecule has 0 saturated carbocycles. The van der Waals surface area contributed by atoms with Crippen molar-refractivity contribution in [2.24, 2.45) is 0 Å². The van der Waals surface area contributed by atoms with E-state index in [2.05, 4.69) is 21.5 Å². The average molecular weight is 150 g/mol. The largest absolute Gasteiger partial charge is 0.368 e. The van der Waals surface area contributed by atoms with Crippen LogP contribution in [0.1, 0.15) is 11.6 Å². The lowest BCUT2D eigenvalue weighted by Crippen LogP contribution is -2.03. The standard InChI is InChI=1S/C7H10N4/c1-3-4-6-9-5(2)10-7(8)11-6/h3H,1,4H2,2H3,(H2,8,9,10,11). The van der Waals surface area contributed by atoms with Crippen LogP contribution in [0.25, 0.3) is 0 Å². The highest BCUT2D eigenvalue weighted by molar-refractivity contribution is 5.16. The van der Waals surface area contributed by atoms with E-state index in [4.69, 9.17) is 5.73 Å². The van der Waals surface area contributed by atoms with E-state index in [9.17, 15) is 0 Å². The van der Waals surface area contributed by atoms with Gasteiger partial charge >= 0.3 is 0 Å². The second-order valence-corrected chi connectivity index (χ2v) is 2.15. The highest BCUT2D eigenvalue weighted by atomic mass is 15.1. The van der Waals surface area contributed by atoms with E-state index >= 15 is 0 Å². The molecule has 0 aliphatic heterocycles. The summed E-state index contributed by atoms with van der Waals surface area (Å²) in [5.74, 6) is 1.59. The number of nitrogen functional groups attached to an aromatic ring is 1. The molecule has 1 heterocycles. The minimum Gasteiger partial charge on any atom is -0.368 e. The first-order valence-electron chi connectivity index (χ1n) is 3.30. The molecular formula is C7H10N4. The van der Waals surface area contributed by atoms with Gasteiger partial charge in [0.1, 0.15) is 11.6 Å². The van der Waals surface area contributed by atoms with Gasteiger partial charge in [-0.3, -0.25) is 0 Å². The Balaban J connectivity index is 2.98. The summed E-state index contributed by atoms with van der Waals surface area (Å²) in [6.45, 7) is 5.36. The van der Waals surface area contributed by atoms with E-state index in [0.717, 1.165) is 0 Å². The van der Waals surface area contributed by atoms with Crippen LogP contribution in [-0.4, -0.2) is 15.0 Å². The second kappa shape index (κ2) is 3.09. The summed E-state index contributed by atoms with van der Waals surface area (Å²) in [5.41, 5.74) is 5.39. The molecule has 0 saturated heterocycles. The molecule has 58 valence electrons. The Morgan fingerprint density at radius 2 is 2.18 bits per heavy atom. The van der Waals surface area contributed by atoms with Crippen molar-refractivity contribution in [2.45, 2.75) is 13.3 Å². The van der Waals surface area contributed by atoms with Gasteiger partial charge in [-0.2, -0.15) is 9.97 Å². The molecule has 0 spiro atoms. The molecule has 4 heteroatoms. The number of anilines is 1. The van der Waals surface area contributed by atoms with Gasteiger partial charge in [0.05, 0.1) is 0 Å². The number of aryl methyl sites for hydroxylation is 1. The zero-order valence-electron chi connectivity index (χ0n) is 6.41. The molecule has 0 fully saturated rings. The summed E-state index contributed by atoms with van der Waals surface area (Å²) in [6.07, 6.45) is 2.36. The summed E-state index contributed by atoms with van der Waals surface area (Å²) in [7, 11) is 0. The molecule has 0 amide bonds. The molecule has 0 aliphatic carbocycles. The molecule has 0 unspecified atom stereocenters. The Morgan fingerprint density at radius 1 is 1.45 bits per heavy atom. The summed E-state index contributed by atoms with van der Waals surface area (Å²) in [6, 6.07) is 0. The number of rotatable bonds is 2. The average Bonchev–Trinajstić information content (AvgIpc) is 1.85. The number of allylic oxidation sites excluding steroid dienone is 1. The zero-order valence-corrected chi connectivity index (χ0v) is 6.41. The Morgan fingerprint density at radius 3 is 2.73 bits per heavy atom. The number of nitrogens with two attached hydrogens (primary N) is 1. The monoisotopic (exact) mass is 150 g/mol. The lowest BCUT2D eigenvalue weighted by molar-refractivity contribution is 0.901. The van der Waals surface area contributed by atoms with Crippen molar-refractivity contribution in [3.8, 4) is 0 Å². The van der Waals surface area contributed by atoms with Crippen LogP contribution in [0, 0.1) is 6.92 Å². The van der Waals surface area contributed by atoms with E-state index in [0.29, 0.717) is 18.1 Å². The van der Waals surface area contributed by atoms with E-state index < -0.39 is 0 Å². The van der Waals surface area contributed by atoms with Crippen molar-refractivity contribution in [1.29, 1.82) is 0 Å². The molecular weight excluding hydrogens is 140 g/mol. The lowest BCUT2D eigenvalue weighted by atomic mass is 10.4. The molecule has 4 nitrogen and oxygen atoms in total. The number of hydrogen-bond donors (Lipinski definition) is 1. The molecule has 0 aromatic carbocycles. The third-order valence-corrected chi connectivity index (χ3v) is 1.14. The van der Waals surface area contributed by atoms with Gasteiger partial charge in [-0.15, -0.1) is 6.58 Å². The van der Waals surface area contributed by atoms with Crippen LogP contribution in [0.3, 0.4) is 0 Å². The maximum Gasteiger partial charge on any atom is 0.223 e. The van der Waals surface area contributed by atoms with Crippen LogP contribution in [0.2, 0.25) is 0 Å². The summed E-state index contributed by atoms with van der Waals surface area (Å²) >= 11 is 0. The van der Waals surface area contributed by atoms with Crippen LogP contribution < -0.4 is 5.73 Å². The summed E-state index contributed by atoms with van der Waals surface area (Å²) < 4.78 is 0. The van der Waals surface area contributed by atoms with Crippen molar-refractivity contribution in [3.63, 3.8) is 0 Å². The number of hydrogen-bond acceptors (Lipinski definition) is 4. The van der Waals surface area contributed by atoms with Crippen molar-refractivity contribution in [3.05, 3.63) is 24.3 Å². The minimum atomic E-state index is 0.273. The van der Waals surface area contributed by atoms with Crippen molar-refractivity contribution in [1.82, 2.24) is 15.0 Å². The smallest absolute Gasteiger partial charge is 0.223 e. The van der Waals surface area contributed by atoms with Crippen LogP contribution in [-0.2, 0) is 6.42 Å². The van der Waals surface area contributed by atoms with Gasteiger partial charge in [-0.05, 0) is 6.92 Å². The van der Waals surface area contributed by atoms with Crippen LogP contribution in [0.15, 0.2) is 12.7 Å². The maximum absolute atomic E-state index is 5.39. The second-order valence-electron chi connectivity index (χ2n) is 2.15. The quantitative estimate of drug-likeness (QED) is 0.623. The fraction of sp³-hybridized carbons (Fsp3) is 0.286. The lowest BCUT2D eigenvalue weighted by Gasteiger charge is -1.97. The van der Waals surface area contributed by atoms with E-state index in [1.54, 1.807) is 13.0 Å². The van der Waals surface area contributed by atoms with Crippen molar-refractivity contribution in [2.75, 3.05) is 5.73 Å². The van der Waals surface area contributed by atoms with E-state index in [-0.39, 0.29) is 5.95 Å². The van der Waals surface area contributed by atoms with E-state index in [1.165, 1.54) is 0 Å². The molecule has 0 atom stereocenters. The van der Waals surface area contributed by atoms with Crippen LogP contribution >= 0.6 is 0 Å². The van der Waals surface area contributed by atoms with Crippen molar-refractivity contribution >= 4 is 5.95 Å². The first kappa shape index (κ1) is 7.65. The van der Waals surface area contributed by atoms with Gasteiger partial charge in [-0.1, -0.05) is 6.08 Å². The Hall–Kier alpha value is -1.45. The van der Waals surface area contributed by atoms with Crippen LogP contribution in [0.4, 0.5) is 5.95 Å². The number of nitrogens with zero attached hydrogens (tertiary/aromatic N) is 3. The number of aromatic nitrogens is 3. The fourth-order valence-electron chi connectivity index (χ4n) is 0.780. The van der Waals surface area contributed by atoms with Gasteiger partial charge in [0.15, 0.2) is 0 Å². The van der Waals surface area contributed by atoms with E-state index in [1.807, 2.05) is 0 Å². The van der Waals surface area contributed by atoms with Gasteiger partial charge in [0.25, 0.3) is 0 Å². The highest BCUT2D eigenvalue weighted by Gasteiger charge is 1.97. The van der Waals surface area contributed by atoms with Crippen LogP contribution in [0.5, 0.6) is 0 Å². The predicted octanol–water partition coefficient (Wildman–Crippen LogP) is 0.491. The van der Waals surface area contributed by atoms with Gasteiger partial charge < -0.3 is 5.73 Å². The maximum atomic E-state index is 5.39. The molecule has 0 bridgehead atoms. The van der Waals surface area contributed by atoms with Gasteiger partial charge in [0.2, 0.25) is 5.95 Å². The summed E-state index contributed by atoms with van der Waals surface area (Å²) in [5, 5.41) is 0. The summed E-state index contributed by atoms with van der Waals surface area (Å²) in [4.78, 5) is 11.8. The first-order valence-corrected chi connectivity index (χ1v) is 3.30. The molecule has 1 aromatic heterocycles. The SMILES string of the molecule is C=CCc1nc(C)nc(N)n1. The third-order valence-electron chi connectivity index (χ3n) is 1.14. The molecule has 11 heavy (non-hydrogen) atoms. The fourth-order valence-corrected chi connectivity index (χ4v) is 0.780. The molecule has 2 N–H and O–H groups in total. The molecule has 0 radical (unpaired) electrons. The normalized spacial score (nSPS) is 9.55. The molecule has 0 aliphatic rings. The molecule has 1 rings (SSSR count). The Kier molecular flexibility index (Phi) is 2.15. The highest BCUT2D eigenvalue weighted by Crippen LogP contribution is 1.96. The zero-order chi connectivity index (χ0) is 8.27. The van der Waals surface area contributed by atoms with Gasteiger partial charge in [-0.25, -0.2) is 4.98 Å². The predicted molar refractivity (Wildman–Crippen MR) is 42.9 cm³/mol. The topological polar surface area (TPSA) is 64.7 Å².